The van der Waals surface area contributed by atoms with Crippen LogP contribution in [0.1, 0.15) is 35.8 Å². The van der Waals surface area contributed by atoms with E-state index in [1.54, 1.807) is 6.08 Å². The van der Waals surface area contributed by atoms with Gasteiger partial charge in [0.05, 0.1) is 19.3 Å². The number of rotatable bonds is 11. The summed E-state index contributed by atoms with van der Waals surface area (Å²) in [4.78, 5) is 11.9. The minimum absolute atomic E-state index is 0.0298. The molecule has 0 amide bonds. The number of aliphatic hydroxyl groups is 3. The lowest BCUT2D eigenvalue weighted by Gasteiger charge is -2.15. The first-order valence-electron chi connectivity index (χ1n) is 10.6. The molecule has 1 heterocycles. The predicted octanol–water partition coefficient (Wildman–Crippen LogP) is 4.23. The van der Waals surface area contributed by atoms with Gasteiger partial charge in [-0.25, -0.2) is 4.39 Å². The van der Waals surface area contributed by atoms with Crippen LogP contribution in [-0.4, -0.2) is 47.2 Å². The van der Waals surface area contributed by atoms with Gasteiger partial charge in [0.2, 0.25) is 0 Å². The Kier molecular flexibility index (Phi) is 8.96. The highest BCUT2D eigenvalue weighted by molar-refractivity contribution is 7.19. The number of esters is 1. The SMILES string of the molecule is COC(=O)CCC[C@H](O)[C@H](O)/C=C/c1c([C@@H](O)COc2ccc(F)cc2)sc2ccccc12. The highest BCUT2D eigenvalue weighted by Gasteiger charge is 2.19. The smallest absolute Gasteiger partial charge is 0.305 e. The molecular formula is C25H27FO6S. The van der Waals surface area contributed by atoms with Gasteiger partial charge in [0.15, 0.2) is 0 Å². The summed E-state index contributed by atoms with van der Waals surface area (Å²) in [6.45, 7) is -0.0298. The Morgan fingerprint density at radius 3 is 2.58 bits per heavy atom. The predicted molar refractivity (Wildman–Crippen MR) is 126 cm³/mol. The third-order valence-electron chi connectivity index (χ3n) is 5.15. The number of hydrogen-bond acceptors (Lipinski definition) is 7. The van der Waals surface area contributed by atoms with Crippen LogP contribution in [0.3, 0.4) is 0 Å². The topological polar surface area (TPSA) is 96.2 Å². The first-order valence-corrected chi connectivity index (χ1v) is 11.4. The number of carbonyl (C=O) groups is 1. The van der Waals surface area contributed by atoms with Crippen molar-refractivity contribution >= 4 is 33.5 Å². The van der Waals surface area contributed by atoms with Gasteiger partial charge in [-0.15, -0.1) is 11.3 Å². The second-order valence-corrected chi connectivity index (χ2v) is 8.63. The van der Waals surface area contributed by atoms with Crippen molar-refractivity contribution in [1.82, 2.24) is 0 Å². The van der Waals surface area contributed by atoms with Crippen molar-refractivity contribution in [3.8, 4) is 5.75 Å². The van der Waals surface area contributed by atoms with E-state index in [9.17, 15) is 24.5 Å². The van der Waals surface area contributed by atoms with Crippen LogP contribution in [0.25, 0.3) is 16.2 Å². The van der Waals surface area contributed by atoms with Crippen LogP contribution in [0.15, 0.2) is 54.6 Å². The maximum atomic E-state index is 13.1. The molecule has 0 bridgehead atoms. The zero-order chi connectivity index (χ0) is 23.8. The molecule has 3 aromatic rings. The third-order valence-corrected chi connectivity index (χ3v) is 6.44. The molecule has 176 valence electrons. The number of ether oxygens (including phenoxy) is 2. The molecule has 0 saturated carbocycles. The monoisotopic (exact) mass is 474 g/mol. The molecule has 0 aliphatic heterocycles. The van der Waals surface area contributed by atoms with Gasteiger partial charge in [-0.2, -0.15) is 0 Å². The number of benzene rings is 2. The van der Waals surface area contributed by atoms with E-state index < -0.39 is 18.3 Å². The molecule has 3 N–H and O–H groups in total. The summed E-state index contributed by atoms with van der Waals surface area (Å²) in [7, 11) is 1.30. The Morgan fingerprint density at radius 1 is 1.12 bits per heavy atom. The molecular weight excluding hydrogens is 447 g/mol. The molecule has 2 aromatic carbocycles. The van der Waals surface area contributed by atoms with Crippen molar-refractivity contribution < 1.29 is 34.0 Å². The van der Waals surface area contributed by atoms with Gasteiger partial charge < -0.3 is 24.8 Å². The summed E-state index contributed by atoms with van der Waals surface area (Å²) in [6, 6.07) is 13.2. The first-order chi connectivity index (χ1) is 15.9. The van der Waals surface area contributed by atoms with Gasteiger partial charge in [-0.1, -0.05) is 30.4 Å². The zero-order valence-corrected chi connectivity index (χ0v) is 19.0. The fourth-order valence-electron chi connectivity index (χ4n) is 3.34. The molecule has 0 unspecified atom stereocenters. The number of carbonyl (C=O) groups excluding carboxylic acids is 1. The highest BCUT2D eigenvalue weighted by atomic mass is 32.1. The fourth-order valence-corrected chi connectivity index (χ4v) is 4.50. The average molecular weight is 475 g/mol. The minimum Gasteiger partial charge on any atom is -0.490 e. The summed E-state index contributed by atoms with van der Waals surface area (Å²) in [5.41, 5.74) is 0.728. The molecule has 1 aromatic heterocycles. The van der Waals surface area contributed by atoms with Gasteiger partial charge in [-0.3, -0.25) is 4.79 Å². The van der Waals surface area contributed by atoms with Crippen molar-refractivity contribution in [3.05, 3.63) is 70.9 Å². The molecule has 0 saturated heterocycles. The van der Waals surface area contributed by atoms with E-state index in [1.165, 1.54) is 48.8 Å². The number of thiophene rings is 1. The van der Waals surface area contributed by atoms with Gasteiger partial charge in [0.1, 0.15) is 24.3 Å². The van der Waals surface area contributed by atoms with E-state index in [0.29, 0.717) is 17.0 Å². The van der Waals surface area contributed by atoms with Crippen LogP contribution in [0.5, 0.6) is 5.75 Å². The molecule has 3 rings (SSSR count). The second kappa shape index (κ2) is 11.9. The second-order valence-electron chi connectivity index (χ2n) is 7.54. The van der Waals surface area contributed by atoms with E-state index in [-0.39, 0.29) is 31.2 Å². The largest absolute Gasteiger partial charge is 0.490 e. The van der Waals surface area contributed by atoms with E-state index >= 15 is 0 Å². The molecule has 0 spiro atoms. The molecule has 3 atom stereocenters. The van der Waals surface area contributed by atoms with Gasteiger partial charge in [-0.05, 0) is 48.7 Å². The van der Waals surface area contributed by atoms with Crippen molar-refractivity contribution in [2.24, 2.45) is 0 Å². The van der Waals surface area contributed by atoms with Crippen LogP contribution >= 0.6 is 11.3 Å². The molecule has 0 fully saturated rings. The lowest BCUT2D eigenvalue weighted by atomic mass is 10.0. The van der Waals surface area contributed by atoms with Crippen molar-refractivity contribution in [2.75, 3.05) is 13.7 Å². The van der Waals surface area contributed by atoms with E-state index in [4.69, 9.17) is 4.74 Å². The third kappa shape index (κ3) is 6.85. The fraction of sp³-hybridized carbons (Fsp3) is 0.320. The average Bonchev–Trinajstić information content (AvgIpc) is 3.20. The van der Waals surface area contributed by atoms with Crippen LogP contribution in [0.2, 0.25) is 0 Å². The summed E-state index contributed by atoms with van der Waals surface area (Å²) in [5.74, 6) is -0.288. The van der Waals surface area contributed by atoms with Crippen molar-refractivity contribution in [1.29, 1.82) is 0 Å². The molecule has 6 nitrogen and oxygen atoms in total. The lowest BCUT2D eigenvalue weighted by Crippen LogP contribution is -2.23. The van der Waals surface area contributed by atoms with E-state index in [0.717, 1.165) is 15.6 Å². The summed E-state index contributed by atoms with van der Waals surface area (Å²) in [5, 5.41) is 32.3. The Morgan fingerprint density at radius 2 is 1.85 bits per heavy atom. The molecule has 8 heteroatoms. The first kappa shape index (κ1) is 24.9. The Hall–Kier alpha value is -2.78. The maximum absolute atomic E-state index is 13.1. The standard InChI is InChI=1S/C25H27FO6S/c1-31-24(30)8-4-6-20(27)21(28)14-13-19-18-5-2-3-7-23(18)33-25(19)22(29)15-32-17-11-9-16(26)10-12-17/h2-3,5,7,9-14,20-22,27-29H,4,6,8,15H2,1H3/b14-13+/t20-,21+,22-/m0/s1. The lowest BCUT2D eigenvalue weighted by molar-refractivity contribution is -0.140. The van der Waals surface area contributed by atoms with E-state index in [1.807, 2.05) is 24.3 Å². The van der Waals surface area contributed by atoms with E-state index in [2.05, 4.69) is 4.74 Å². The number of halogens is 1. The van der Waals surface area contributed by atoms with Crippen LogP contribution in [-0.2, 0) is 9.53 Å². The molecule has 0 radical (unpaired) electrons. The minimum atomic E-state index is -1.14. The quantitative estimate of drug-likeness (QED) is 0.360. The van der Waals surface area contributed by atoms with Crippen molar-refractivity contribution in [3.63, 3.8) is 0 Å². The number of hydrogen-bond donors (Lipinski definition) is 3. The number of fused-ring (bicyclic) bond motifs is 1. The summed E-state index contributed by atoms with van der Waals surface area (Å²) < 4.78 is 24.2. The van der Waals surface area contributed by atoms with Gasteiger partial charge in [0, 0.05) is 21.4 Å². The van der Waals surface area contributed by atoms with Gasteiger partial charge >= 0.3 is 5.97 Å². The highest BCUT2D eigenvalue weighted by Crippen LogP contribution is 2.36. The van der Waals surface area contributed by atoms with Crippen LogP contribution in [0, 0.1) is 5.82 Å². The zero-order valence-electron chi connectivity index (χ0n) is 18.2. The van der Waals surface area contributed by atoms with Crippen LogP contribution < -0.4 is 4.74 Å². The molecule has 0 aliphatic rings. The van der Waals surface area contributed by atoms with Crippen molar-refractivity contribution in [2.45, 2.75) is 37.6 Å². The maximum Gasteiger partial charge on any atom is 0.305 e. The molecule has 0 aliphatic carbocycles. The van der Waals surface area contributed by atoms with Gasteiger partial charge in [0.25, 0.3) is 0 Å². The number of methoxy groups -OCH3 is 1. The summed E-state index contributed by atoms with van der Waals surface area (Å²) in [6.07, 6.45) is 0.847. The normalized spacial score (nSPS) is 14.3. The Bertz CT molecular complexity index is 1080. The summed E-state index contributed by atoms with van der Waals surface area (Å²) >= 11 is 1.41. The number of aliphatic hydroxyl groups excluding tert-OH is 3. The molecule has 33 heavy (non-hydrogen) atoms. The Labute approximate surface area is 195 Å². The van der Waals surface area contributed by atoms with Crippen LogP contribution in [0.4, 0.5) is 4.39 Å². The Balaban J connectivity index is 1.72.